The predicted octanol–water partition coefficient (Wildman–Crippen LogP) is 14.8. The number of sulfone groups is 1. The molecular formula is C98H202N16O7S. The highest BCUT2D eigenvalue weighted by atomic mass is 32.2. The molecule has 0 aromatic heterocycles. The normalized spacial score (nSPS) is 25.5. The number of piperazine rings is 2. The number of piperidine rings is 2. The van der Waals surface area contributed by atoms with Crippen LogP contribution in [0.4, 0.5) is 4.79 Å². The van der Waals surface area contributed by atoms with Gasteiger partial charge in [0.05, 0.1) is 57.2 Å². The molecule has 4 unspecified atom stereocenters. The van der Waals surface area contributed by atoms with E-state index in [0.717, 1.165) is 90.6 Å². The van der Waals surface area contributed by atoms with Crippen LogP contribution in [0, 0.1) is 11.8 Å². The molecule has 4 atom stereocenters. The van der Waals surface area contributed by atoms with Crippen LogP contribution in [0.15, 0.2) is 0 Å². The van der Waals surface area contributed by atoms with E-state index in [1.807, 2.05) is 25.7 Å². The summed E-state index contributed by atoms with van der Waals surface area (Å²) in [5.74, 6) is 3.09. The fourth-order valence-electron chi connectivity index (χ4n) is 17.1. The van der Waals surface area contributed by atoms with Gasteiger partial charge in [0.1, 0.15) is 0 Å². The van der Waals surface area contributed by atoms with Crippen molar-refractivity contribution in [3.63, 3.8) is 0 Å². The summed E-state index contributed by atoms with van der Waals surface area (Å²) < 4.78 is 33.0. The molecule has 122 heavy (non-hydrogen) atoms. The van der Waals surface area contributed by atoms with E-state index < -0.39 is 9.84 Å². The maximum absolute atomic E-state index is 11.1. The van der Waals surface area contributed by atoms with Gasteiger partial charge in [-0.2, -0.15) is 0 Å². The number of amides is 4. The summed E-state index contributed by atoms with van der Waals surface area (Å²) in [6, 6.07) is 0.771. The number of hydrogen-bond donors (Lipinski definition) is 4. The lowest BCUT2D eigenvalue weighted by Gasteiger charge is -2.42. The molecule has 2 bridgehead atoms. The second-order valence-corrected chi connectivity index (χ2v) is 51.1. The zero-order valence-corrected chi connectivity index (χ0v) is 87.7. The molecule has 24 heteroatoms. The third-order valence-corrected chi connectivity index (χ3v) is 27.7. The van der Waals surface area contributed by atoms with Crippen LogP contribution >= 0.6 is 0 Å². The Kier molecular flexibility index (Phi) is 46.4. The number of morpholine rings is 2. The zero-order chi connectivity index (χ0) is 93.1. The molecule has 13 saturated heterocycles. The van der Waals surface area contributed by atoms with Crippen LogP contribution in [0.1, 0.15) is 326 Å². The number of carbonyl (C=O) groups excluding carboxylic acids is 3. The molecule has 0 aromatic carbocycles. The Hall–Kier alpha value is -2.40. The fraction of sp³-hybridized carbons (Fsp3) is 0.969. The average molecular weight is 1750 g/mol. The van der Waals surface area contributed by atoms with E-state index in [1.54, 1.807) is 0 Å². The van der Waals surface area contributed by atoms with E-state index >= 15 is 0 Å². The van der Waals surface area contributed by atoms with Crippen LogP contribution in [-0.2, 0) is 28.9 Å². The number of carbonyl (C=O) groups is 3. The number of nitrogens with zero attached hydrogens (tertiary/aromatic N) is 12. The van der Waals surface area contributed by atoms with Crippen LogP contribution in [-0.4, -0.2) is 365 Å². The molecule has 1 saturated carbocycles. The standard InChI is InChI=1S/C10H21N.C9H17NO.C9H17N.C9H19N.C8H16N2O.C8H18N2.C8H17NO2S.C8H17NO.C8H17N.2C7H14N2O.C7H15N/c1-10(2,3)11-8-6-4-5-7-9-11;1-9(2,3)10-5-8-4-7(10)6-11-8;1-9(2,3)10-5-7-4-8(7)6-10;1-9(2,3)10-7-5-4-6-8-10;1-8(2,3)10-5-4-9-7(11)6-10;1-8(2,3)10-6-4-9-5-7-10;1-8(2,3)9-4-6-12(10,11)7-5-9;1-8(2,3)9-4-6-10-7-5-9;1-8(2,3)9-6-4-5-7-9;1-7(2,3)9-4-6(10)8-5-9;1-7(2,3)9-5-4-8-6(9)10;1-7(2,3)8-5-4-6-8/h4-9H2,1-3H3;7-8H,4-6H2,1-3H3;7-8H,4-6H2,1-3H3;4-8H2,1-3H3;4-6H2,1-3H3,(H,9,11);9H,4-7H2,1-3H3;4-7H2,1-3H3;4-7H2,1-3H3;4-7H2,1-3H3;2*4-5H2,1-3H3,(H,8,10);4-6H2,1-3H3. The molecule has 4 N–H and O–H groups in total. The SMILES string of the molecule is CC(C)(C)N1CC2CC1CO2.CC(C)(C)N1CC2CC2C1.CC(C)(C)N1CCC1.CC(C)(C)N1CCCC1.CC(C)(C)N1CCCCC1.CC(C)(C)N1CCCCCC1.CC(C)(C)N1CCNC(=O)C1.CC(C)(C)N1CCNC1=O.CC(C)(C)N1CCNCC1.CC(C)(C)N1CCOCC1.CC(C)(C)N1CCS(=O)(=O)CC1.CC(C)(C)N1CNC(=O)C1. The number of hydrogen-bond acceptors (Lipinski definition) is 19. The summed E-state index contributed by atoms with van der Waals surface area (Å²) in [7, 11) is -2.72. The average Bonchev–Trinajstić information content (AvgIpc) is 1.62. The van der Waals surface area contributed by atoms with Gasteiger partial charge in [-0.3, -0.25) is 63.5 Å². The van der Waals surface area contributed by atoms with Crippen molar-refractivity contribution in [3.05, 3.63) is 0 Å². The quantitative estimate of drug-likeness (QED) is 0.179. The summed E-state index contributed by atoms with van der Waals surface area (Å²) in [6.45, 7) is 111. The Bertz CT molecular complexity index is 2910. The molecule has 0 aromatic rings. The van der Waals surface area contributed by atoms with Gasteiger partial charge in [-0.15, -0.1) is 0 Å². The summed E-state index contributed by atoms with van der Waals surface area (Å²) in [6.07, 6.45) is 17.4. The summed E-state index contributed by atoms with van der Waals surface area (Å²) >= 11 is 0. The number of rotatable bonds is 0. The van der Waals surface area contributed by atoms with Crippen molar-refractivity contribution in [1.29, 1.82) is 0 Å². The Labute approximate surface area is 754 Å². The van der Waals surface area contributed by atoms with Gasteiger partial charge in [0, 0.05) is 171 Å². The van der Waals surface area contributed by atoms with Gasteiger partial charge in [-0.25, -0.2) is 13.2 Å². The third-order valence-electron chi connectivity index (χ3n) is 26.1. The van der Waals surface area contributed by atoms with Gasteiger partial charge >= 0.3 is 6.03 Å². The van der Waals surface area contributed by atoms with Crippen molar-refractivity contribution in [1.82, 2.24) is 80.1 Å². The van der Waals surface area contributed by atoms with Crippen LogP contribution in [0.25, 0.3) is 0 Å². The Morgan fingerprint density at radius 1 is 0.303 bits per heavy atom. The molecular weight excluding hydrogens is 1550 g/mol. The van der Waals surface area contributed by atoms with E-state index in [-0.39, 0.29) is 40.0 Å². The summed E-state index contributed by atoms with van der Waals surface area (Å²) in [4.78, 5) is 61.5. The van der Waals surface area contributed by atoms with Crippen LogP contribution in [0.2, 0.25) is 0 Å². The van der Waals surface area contributed by atoms with Crippen LogP contribution in [0.5, 0.6) is 0 Å². The first-order chi connectivity index (χ1) is 55.6. The van der Waals surface area contributed by atoms with E-state index in [0.29, 0.717) is 101 Å². The molecule has 14 aliphatic rings. The number of urea groups is 1. The highest BCUT2D eigenvalue weighted by molar-refractivity contribution is 7.91. The molecule has 14 rings (SSSR count). The lowest BCUT2D eigenvalue weighted by molar-refractivity contribution is -0.125. The molecule has 13 heterocycles. The van der Waals surface area contributed by atoms with E-state index in [4.69, 9.17) is 9.47 Å². The van der Waals surface area contributed by atoms with Gasteiger partial charge in [-0.05, 0) is 371 Å². The first-order valence-electron chi connectivity index (χ1n) is 48.6. The van der Waals surface area contributed by atoms with Crippen molar-refractivity contribution >= 4 is 27.7 Å². The molecule has 0 radical (unpaired) electrons. The Morgan fingerprint density at radius 2 is 0.631 bits per heavy atom. The van der Waals surface area contributed by atoms with Gasteiger partial charge in [0.25, 0.3) is 0 Å². The van der Waals surface area contributed by atoms with E-state index in [1.165, 1.54) is 156 Å². The van der Waals surface area contributed by atoms with Crippen molar-refractivity contribution < 1.29 is 32.3 Å². The molecule has 4 amide bonds. The monoisotopic (exact) mass is 1750 g/mol. The highest BCUT2D eigenvalue weighted by Gasteiger charge is 2.48. The predicted molar refractivity (Wildman–Crippen MR) is 519 cm³/mol. The van der Waals surface area contributed by atoms with Gasteiger partial charge in [-0.1, -0.05) is 19.3 Å². The fourth-order valence-corrected chi connectivity index (χ4v) is 18.3. The smallest absolute Gasteiger partial charge is 0.317 e. The Balaban J connectivity index is 0.000000344. The van der Waals surface area contributed by atoms with Gasteiger partial charge in [0.2, 0.25) is 11.8 Å². The molecule has 13 aliphatic heterocycles. The second-order valence-electron chi connectivity index (χ2n) is 48.8. The third kappa shape index (κ3) is 45.4. The molecule has 722 valence electrons. The highest BCUT2D eigenvalue weighted by Crippen LogP contribution is 2.47. The second kappa shape index (κ2) is 49.7. The first kappa shape index (κ1) is 114. The summed E-state index contributed by atoms with van der Waals surface area (Å²) in [5, 5.41) is 11.7. The van der Waals surface area contributed by atoms with Gasteiger partial charge < -0.3 is 35.6 Å². The van der Waals surface area contributed by atoms with Gasteiger partial charge in [0.15, 0.2) is 9.84 Å². The molecule has 1 aliphatic carbocycles. The topological polar surface area (TPSA) is 191 Å². The number of ether oxygens (including phenoxy) is 2. The number of likely N-dealkylation sites (tertiary alicyclic amines) is 6. The lowest BCUT2D eigenvalue weighted by Crippen LogP contribution is -2.54. The van der Waals surface area contributed by atoms with Crippen molar-refractivity contribution in [2.24, 2.45) is 11.8 Å². The molecule has 14 fully saturated rings. The maximum atomic E-state index is 11.1. The maximum Gasteiger partial charge on any atom is 0.317 e. The Morgan fingerprint density at radius 3 is 0.877 bits per heavy atom. The number of fused-ring (bicyclic) bond motifs is 3. The van der Waals surface area contributed by atoms with Crippen LogP contribution < -0.4 is 21.3 Å². The zero-order valence-electron chi connectivity index (χ0n) is 86.8. The van der Waals surface area contributed by atoms with E-state index in [9.17, 15) is 22.8 Å². The molecule has 0 spiro atoms. The van der Waals surface area contributed by atoms with Crippen molar-refractivity contribution in [2.45, 2.75) is 405 Å². The minimum Gasteiger partial charge on any atom is -0.379 e. The summed E-state index contributed by atoms with van der Waals surface area (Å²) in [5.41, 5.74) is 3.40. The minimum atomic E-state index is -2.72. The molecule has 23 nitrogen and oxygen atoms in total. The van der Waals surface area contributed by atoms with Crippen molar-refractivity contribution in [2.75, 3.05) is 202 Å². The van der Waals surface area contributed by atoms with Crippen molar-refractivity contribution in [3.8, 4) is 0 Å². The lowest BCUT2D eigenvalue weighted by atomic mass is 10.0. The number of nitrogens with one attached hydrogen (secondary N) is 4. The van der Waals surface area contributed by atoms with E-state index in [2.05, 4.69) is 304 Å². The minimum absolute atomic E-state index is 0.0272. The first-order valence-corrected chi connectivity index (χ1v) is 50.4. The van der Waals surface area contributed by atoms with Crippen LogP contribution in [0.3, 0.4) is 0 Å². The largest absolute Gasteiger partial charge is 0.379 e.